The molecule has 3 rings (SSSR count). The molecule has 2 heterocycles. The van der Waals surface area contributed by atoms with E-state index in [0.717, 1.165) is 24.2 Å². The van der Waals surface area contributed by atoms with Gasteiger partial charge in [0, 0.05) is 16.3 Å². The molecule has 0 aliphatic heterocycles. The number of hydrogen-bond donors (Lipinski definition) is 2. The SMILES string of the molecule is CCCCOC(=O)c1cccc(C(=O)c2cc(S(N)(=O)=O)cs2)c1.NS(=O)(=O)c1ccsc1. The number of carbonyl (C=O) groups is 2. The molecule has 0 atom stereocenters. The first-order chi connectivity index (χ1) is 15.4. The lowest BCUT2D eigenvalue weighted by Crippen LogP contribution is -2.11. The molecule has 9 nitrogen and oxygen atoms in total. The lowest BCUT2D eigenvalue weighted by Gasteiger charge is -2.05. The van der Waals surface area contributed by atoms with Crippen molar-refractivity contribution in [1.82, 2.24) is 0 Å². The van der Waals surface area contributed by atoms with Crippen LogP contribution < -0.4 is 10.3 Å². The van der Waals surface area contributed by atoms with Crippen LogP contribution in [0.2, 0.25) is 0 Å². The van der Waals surface area contributed by atoms with E-state index >= 15 is 0 Å². The van der Waals surface area contributed by atoms with Gasteiger partial charge in [-0.2, -0.15) is 11.3 Å². The molecule has 0 unspecified atom stereocenters. The second-order valence-corrected chi connectivity index (χ2v) is 11.4. The van der Waals surface area contributed by atoms with Crippen molar-refractivity contribution >= 4 is 54.5 Å². The first-order valence-electron chi connectivity index (χ1n) is 9.41. The molecule has 0 spiro atoms. The lowest BCUT2D eigenvalue weighted by atomic mass is 10.1. The van der Waals surface area contributed by atoms with Gasteiger partial charge in [0.05, 0.1) is 26.8 Å². The molecule has 1 aromatic carbocycles. The minimum Gasteiger partial charge on any atom is -0.462 e. The van der Waals surface area contributed by atoms with E-state index < -0.39 is 26.0 Å². The number of nitrogens with two attached hydrogens (primary N) is 2. The normalized spacial score (nSPS) is 11.4. The second-order valence-electron chi connectivity index (χ2n) is 6.60. The quantitative estimate of drug-likeness (QED) is 0.257. The molecule has 0 radical (unpaired) electrons. The Kier molecular flexibility index (Phi) is 9.46. The molecule has 0 bridgehead atoms. The van der Waals surface area contributed by atoms with Crippen LogP contribution in [0, 0.1) is 0 Å². The number of primary sulfonamides is 2. The van der Waals surface area contributed by atoms with Gasteiger partial charge in [0.2, 0.25) is 25.8 Å². The van der Waals surface area contributed by atoms with Gasteiger partial charge < -0.3 is 4.74 Å². The van der Waals surface area contributed by atoms with Crippen molar-refractivity contribution in [2.24, 2.45) is 10.3 Å². The smallest absolute Gasteiger partial charge is 0.338 e. The minimum absolute atomic E-state index is 0.106. The fraction of sp³-hybridized carbons (Fsp3) is 0.200. The highest BCUT2D eigenvalue weighted by Gasteiger charge is 2.18. The van der Waals surface area contributed by atoms with Crippen molar-refractivity contribution in [2.75, 3.05) is 6.61 Å². The van der Waals surface area contributed by atoms with Crippen LogP contribution in [-0.2, 0) is 24.8 Å². The van der Waals surface area contributed by atoms with Gasteiger partial charge in [-0.05, 0) is 36.1 Å². The molecular formula is C20H22N2O7S4. The Hall–Kier alpha value is -2.42. The summed E-state index contributed by atoms with van der Waals surface area (Å²) in [5.41, 5.74) is 0.558. The van der Waals surface area contributed by atoms with Crippen molar-refractivity contribution in [1.29, 1.82) is 0 Å². The van der Waals surface area contributed by atoms with Gasteiger partial charge in [-0.3, -0.25) is 4.79 Å². The summed E-state index contributed by atoms with van der Waals surface area (Å²) in [6.07, 6.45) is 1.69. The van der Waals surface area contributed by atoms with E-state index in [1.165, 1.54) is 40.3 Å². The van der Waals surface area contributed by atoms with E-state index in [1.807, 2.05) is 6.92 Å². The first kappa shape index (κ1) is 26.8. The Morgan fingerprint density at radius 3 is 2.12 bits per heavy atom. The van der Waals surface area contributed by atoms with Crippen LogP contribution in [0.5, 0.6) is 0 Å². The summed E-state index contributed by atoms with van der Waals surface area (Å²) in [6, 6.07) is 8.84. The number of hydrogen-bond acceptors (Lipinski definition) is 9. The van der Waals surface area contributed by atoms with Crippen molar-refractivity contribution in [3.63, 3.8) is 0 Å². The van der Waals surface area contributed by atoms with Crippen LogP contribution >= 0.6 is 22.7 Å². The monoisotopic (exact) mass is 530 g/mol. The Bertz CT molecular complexity index is 1310. The molecule has 0 aliphatic carbocycles. The highest BCUT2D eigenvalue weighted by Crippen LogP contribution is 2.22. The van der Waals surface area contributed by atoms with Gasteiger partial charge in [0.1, 0.15) is 0 Å². The zero-order valence-corrected chi connectivity index (χ0v) is 20.7. The van der Waals surface area contributed by atoms with Crippen molar-refractivity contribution in [2.45, 2.75) is 29.6 Å². The number of esters is 1. The zero-order valence-electron chi connectivity index (χ0n) is 17.5. The number of unbranched alkanes of at least 4 members (excludes halogenated alkanes) is 1. The topological polar surface area (TPSA) is 164 Å². The molecule has 2 aromatic heterocycles. The van der Waals surface area contributed by atoms with Crippen molar-refractivity contribution < 1.29 is 31.2 Å². The Morgan fingerprint density at radius 2 is 1.61 bits per heavy atom. The van der Waals surface area contributed by atoms with E-state index in [4.69, 9.17) is 15.0 Å². The van der Waals surface area contributed by atoms with E-state index in [1.54, 1.807) is 23.6 Å². The Morgan fingerprint density at radius 1 is 0.939 bits per heavy atom. The van der Waals surface area contributed by atoms with Crippen LogP contribution in [0.25, 0.3) is 0 Å². The summed E-state index contributed by atoms with van der Waals surface area (Å²) >= 11 is 2.29. The van der Waals surface area contributed by atoms with E-state index in [0.29, 0.717) is 6.61 Å². The van der Waals surface area contributed by atoms with Gasteiger partial charge in [-0.15, -0.1) is 11.3 Å². The zero-order chi connectivity index (χ0) is 24.6. The van der Waals surface area contributed by atoms with Gasteiger partial charge in [0.15, 0.2) is 0 Å². The molecule has 0 saturated heterocycles. The summed E-state index contributed by atoms with van der Waals surface area (Å²) in [4.78, 5) is 24.7. The summed E-state index contributed by atoms with van der Waals surface area (Å²) < 4.78 is 48.6. The molecule has 178 valence electrons. The van der Waals surface area contributed by atoms with Gasteiger partial charge in [0.25, 0.3) is 0 Å². The fourth-order valence-electron chi connectivity index (χ4n) is 2.32. The Balaban J connectivity index is 0.000000357. The highest BCUT2D eigenvalue weighted by molar-refractivity contribution is 7.89. The average molecular weight is 531 g/mol. The first-order valence-corrected chi connectivity index (χ1v) is 14.3. The van der Waals surface area contributed by atoms with Gasteiger partial charge in [-0.25, -0.2) is 31.9 Å². The number of benzene rings is 1. The highest BCUT2D eigenvalue weighted by atomic mass is 32.2. The number of sulfonamides is 2. The largest absolute Gasteiger partial charge is 0.462 e. The predicted molar refractivity (Wildman–Crippen MR) is 126 cm³/mol. The maximum Gasteiger partial charge on any atom is 0.338 e. The molecule has 13 heteroatoms. The number of ketones is 1. The standard InChI is InChI=1S/C16H17NO5S2.C4H5NO2S2/c1-2-3-7-22-16(19)12-6-4-5-11(8-12)15(18)14-9-13(10-23-14)24(17,20)21;5-9(6,7)4-1-2-8-3-4/h4-6,8-10H,2-3,7H2,1H3,(H2,17,20,21);1-3H,(H2,5,6,7). The third kappa shape index (κ3) is 8.14. The van der Waals surface area contributed by atoms with Crippen LogP contribution in [0.4, 0.5) is 0 Å². The number of ether oxygens (including phenoxy) is 1. The van der Waals surface area contributed by atoms with E-state index in [2.05, 4.69) is 0 Å². The molecule has 4 N–H and O–H groups in total. The lowest BCUT2D eigenvalue weighted by molar-refractivity contribution is 0.0499. The third-order valence-corrected chi connectivity index (χ3v) is 7.76. The molecule has 33 heavy (non-hydrogen) atoms. The molecule has 3 aromatic rings. The maximum absolute atomic E-state index is 12.4. The summed E-state index contributed by atoms with van der Waals surface area (Å²) in [7, 11) is -7.30. The fourth-order valence-corrected chi connectivity index (χ4v) is 5.66. The van der Waals surface area contributed by atoms with Gasteiger partial charge in [-0.1, -0.05) is 25.5 Å². The third-order valence-electron chi connectivity index (χ3n) is 4.04. The van der Waals surface area contributed by atoms with Crippen LogP contribution in [0.15, 0.2) is 62.3 Å². The molecule has 0 aliphatic rings. The Labute approximate surface area is 200 Å². The van der Waals surface area contributed by atoms with Crippen molar-refractivity contribution in [3.05, 3.63) is 68.5 Å². The predicted octanol–water partition coefficient (Wildman–Crippen LogP) is 2.98. The van der Waals surface area contributed by atoms with E-state index in [9.17, 15) is 26.4 Å². The molecule has 0 fully saturated rings. The maximum atomic E-state index is 12.4. The second kappa shape index (κ2) is 11.6. The number of carbonyl (C=O) groups excluding carboxylic acids is 2. The van der Waals surface area contributed by atoms with Gasteiger partial charge >= 0.3 is 5.97 Å². The van der Waals surface area contributed by atoms with Crippen LogP contribution in [-0.4, -0.2) is 35.2 Å². The summed E-state index contributed by atoms with van der Waals surface area (Å²) in [6.45, 7) is 2.32. The summed E-state index contributed by atoms with van der Waals surface area (Å²) in [5.74, 6) is -0.868. The molecular weight excluding hydrogens is 508 g/mol. The minimum atomic E-state index is -3.85. The number of rotatable bonds is 8. The average Bonchev–Trinajstić information content (AvgIpc) is 3.45. The van der Waals surface area contributed by atoms with Crippen LogP contribution in [0.1, 0.15) is 45.4 Å². The molecule has 0 saturated carbocycles. The molecule has 0 amide bonds. The van der Waals surface area contributed by atoms with Crippen LogP contribution in [0.3, 0.4) is 0 Å². The number of thiophene rings is 2. The van der Waals surface area contributed by atoms with Crippen molar-refractivity contribution in [3.8, 4) is 0 Å². The van der Waals surface area contributed by atoms with E-state index in [-0.39, 0.29) is 31.6 Å². The summed E-state index contributed by atoms with van der Waals surface area (Å²) in [5, 5.41) is 14.3.